The molecular formula is C34H42N6OS2. The highest BCUT2D eigenvalue weighted by molar-refractivity contribution is 8.11. The standard InChI is InChI=1S/C32H36N6OS2.C2H6/c1-20-12-27(41-34-5)16-24-9-10-26(18-28(20)24)35-36-31-17-25(8-6-7-11-40-19-39)32(15-23(31)4)38-37-30-14-21(2)29(33)13-22(30)3;1-2/h9-10,12-19,34H,6-8,11,33H2,1-5H3;1-2H3. The van der Waals surface area contributed by atoms with Crippen molar-refractivity contribution in [3.8, 4) is 0 Å². The molecule has 7 nitrogen and oxygen atoms in total. The van der Waals surface area contributed by atoms with Crippen LogP contribution < -0.4 is 10.5 Å². The Kier molecular flexibility index (Phi) is 13.4. The molecule has 43 heavy (non-hydrogen) atoms. The molecule has 4 rings (SSSR count). The molecule has 0 spiro atoms. The number of thioether (sulfide) groups is 1. The monoisotopic (exact) mass is 614 g/mol. The van der Waals surface area contributed by atoms with Crippen molar-refractivity contribution in [3.05, 3.63) is 82.4 Å². The number of nitrogen functional groups attached to an aromatic ring is 1. The fourth-order valence-corrected chi connectivity index (χ4v) is 5.69. The van der Waals surface area contributed by atoms with Gasteiger partial charge < -0.3 is 5.73 Å². The second-order valence-corrected chi connectivity index (χ2v) is 12.1. The number of carbonyl (C=O) groups is 1. The Morgan fingerprint density at radius 1 is 0.767 bits per heavy atom. The van der Waals surface area contributed by atoms with E-state index < -0.39 is 0 Å². The molecule has 0 unspecified atom stereocenters. The Morgan fingerprint density at radius 3 is 2.19 bits per heavy atom. The number of fused-ring (bicyclic) bond motifs is 1. The second-order valence-electron chi connectivity index (χ2n) is 10.0. The van der Waals surface area contributed by atoms with E-state index in [-0.39, 0.29) is 0 Å². The van der Waals surface area contributed by atoms with Crippen LogP contribution in [0.2, 0.25) is 0 Å². The third kappa shape index (κ3) is 9.48. The minimum atomic E-state index is 0.750. The normalized spacial score (nSPS) is 11.3. The summed E-state index contributed by atoms with van der Waals surface area (Å²) in [6, 6.07) is 18.5. The van der Waals surface area contributed by atoms with Gasteiger partial charge in [-0.15, -0.1) is 0 Å². The highest BCUT2D eigenvalue weighted by atomic mass is 32.2. The molecule has 4 aromatic carbocycles. The van der Waals surface area contributed by atoms with Crippen LogP contribution in [-0.4, -0.2) is 18.4 Å². The van der Waals surface area contributed by atoms with E-state index in [1.807, 2.05) is 65.9 Å². The first kappa shape index (κ1) is 34.0. The van der Waals surface area contributed by atoms with Crippen LogP contribution in [0.3, 0.4) is 0 Å². The zero-order valence-corrected chi connectivity index (χ0v) is 27.8. The van der Waals surface area contributed by atoms with Gasteiger partial charge in [0.05, 0.1) is 22.7 Å². The molecule has 3 N–H and O–H groups in total. The Morgan fingerprint density at radius 2 is 1.44 bits per heavy atom. The molecule has 0 atom stereocenters. The number of nitrogens with zero attached hydrogens (tertiary/aromatic N) is 4. The van der Waals surface area contributed by atoms with Gasteiger partial charge in [-0.2, -0.15) is 20.5 Å². The number of nitrogens with two attached hydrogens (primary N) is 1. The molecule has 0 aliphatic heterocycles. The van der Waals surface area contributed by atoms with Gasteiger partial charge in [-0.05, 0) is 153 Å². The van der Waals surface area contributed by atoms with Crippen LogP contribution in [0.5, 0.6) is 0 Å². The molecule has 0 bridgehead atoms. The van der Waals surface area contributed by atoms with Gasteiger partial charge in [-0.25, -0.2) is 0 Å². The lowest BCUT2D eigenvalue weighted by Crippen LogP contribution is -1.91. The molecular weight excluding hydrogens is 573 g/mol. The molecule has 0 saturated carbocycles. The van der Waals surface area contributed by atoms with Crippen molar-refractivity contribution in [3.63, 3.8) is 0 Å². The summed E-state index contributed by atoms with van der Waals surface area (Å²) >= 11 is 2.91. The van der Waals surface area contributed by atoms with E-state index in [2.05, 4.69) is 62.4 Å². The van der Waals surface area contributed by atoms with Crippen molar-refractivity contribution < 1.29 is 4.79 Å². The number of carbonyl (C=O) groups excluding carboxylic acids is 1. The van der Waals surface area contributed by atoms with E-state index in [4.69, 9.17) is 5.73 Å². The first-order valence-corrected chi connectivity index (χ1v) is 16.4. The average Bonchev–Trinajstić information content (AvgIpc) is 2.99. The number of unbranched alkanes of at least 4 members (excludes halogenated alkanes) is 1. The molecule has 4 aromatic rings. The fraction of sp³-hybridized carbons (Fsp3) is 0.324. The van der Waals surface area contributed by atoms with Crippen LogP contribution in [0, 0.1) is 27.7 Å². The van der Waals surface area contributed by atoms with Crippen molar-refractivity contribution in [1.82, 2.24) is 4.72 Å². The Bertz CT molecular complexity index is 1620. The maximum Gasteiger partial charge on any atom is 0.176 e. The largest absolute Gasteiger partial charge is 0.399 e. The molecule has 0 fully saturated rings. The first-order chi connectivity index (χ1) is 20.8. The Balaban J connectivity index is 0.00000248. The van der Waals surface area contributed by atoms with E-state index >= 15 is 0 Å². The molecule has 226 valence electrons. The third-order valence-corrected chi connectivity index (χ3v) is 8.22. The molecule has 0 aliphatic carbocycles. The van der Waals surface area contributed by atoms with Crippen LogP contribution in [0.15, 0.2) is 79.9 Å². The summed E-state index contributed by atoms with van der Waals surface area (Å²) in [7, 11) is 1.92. The van der Waals surface area contributed by atoms with Crippen molar-refractivity contribution in [2.45, 2.75) is 65.7 Å². The molecule has 0 aliphatic rings. The predicted octanol–water partition coefficient (Wildman–Crippen LogP) is 11.0. The van der Waals surface area contributed by atoms with Crippen molar-refractivity contribution >= 4 is 68.5 Å². The third-order valence-electron chi connectivity index (χ3n) is 6.88. The summed E-state index contributed by atoms with van der Waals surface area (Å²) in [6.07, 6.45) is 2.67. The summed E-state index contributed by atoms with van der Waals surface area (Å²) in [6.45, 7) is 12.1. The van der Waals surface area contributed by atoms with Crippen LogP contribution in [0.1, 0.15) is 54.5 Å². The van der Waals surface area contributed by atoms with Gasteiger partial charge in [0.1, 0.15) is 0 Å². The minimum Gasteiger partial charge on any atom is -0.399 e. The lowest BCUT2D eigenvalue weighted by atomic mass is 10.0. The molecule has 0 heterocycles. The molecule has 0 amide bonds. The minimum absolute atomic E-state index is 0.750. The molecule has 0 saturated heterocycles. The fourth-order valence-electron chi connectivity index (χ4n) is 4.56. The summed E-state index contributed by atoms with van der Waals surface area (Å²) < 4.78 is 3.13. The number of benzene rings is 4. The van der Waals surface area contributed by atoms with E-state index in [1.165, 1.54) is 27.6 Å². The van der Waals surface area contributed by atoms with Gasteiger partial charge in [0.2, 0.25) is 0 Å². The van der Waals surface area contributed by atoms with Gasteiger partial charge in [-0.3, -0.25) is 9.52 Å². The Labute approximate surface area is 264 Å². The molecule has 0 aromatic heterocycles. The number of hydrogen-bond acceptors (Lipinski definition) is 9. The van der Waals surface area contributed by atoms with Crippen LogP contribution >= 0.6 is 23.7 Å². The number of nitrogens with one attached hydrogen (secondary N) is 1. The molecule has 0 radical (unpaired) electrons. The Hall–Kier alpha value is -3.53. The summed E-state index contributed by atoms with van der Waals surface area (Å²) in [5.41, 5.74) is 16.1. The quantitative estimate of drug-likeness (QED) is 0.0543. The van der Waals surface area contributed by atoms with Gasteiger partial charge in [-0.1, -0.05) is 31.7 Å². The van der Waals surface area contributed by atoms with E-state index in [0.29, 0.717) is 0 Å². The van der Waals surface area contributed by atoms with Crippen LogP contribution in [0.4, 0.5) is 28.4 Å². The van der Waals surface area contributed by atoms with Crippen LogP contribution in [0.25, 0.3) is 10.8 Å². The number of aryl methyl sites for hydroxylation is 5. The number of anilines is 1. The van der Waals surface area contributed by atoms with Gasteiger partial charge in [0, 0.05) is 16.3 Å². The molecule has 9 heteroatoms. The van der Waals surface area contributed by atoms with Crippen LogP contribution in [-0.2, 0) is 11.2 Å². The first-order valence-electron chi connectivity index (χ1n) is 14.6. The lowest BCUT2D eigenvalue weighted by molar-refractivity contribution is 0.570. The lowest BCUT2D eigenvalue weighted by Gasteiger charge is -2.10. The van der Waals surface area contributed by atoms with Gasteiger partial charge >= 0.3 is 0 Å². The van der Waals surface area contributed by atoms with E-state index in [1.54, 1.807) is 11.9 Å². The second kappa shape index (κ2) is 16.9. The summed E-state index contributed by atoms with van der Waals surface area (Å²) in [5.74, 6) is 0.805. The zero-order valence-electron chi connectivity index (χ0n) is 26.2. The van der Waals surface area contributed by atoms with Crippen molar-refractivity contribution in [2.75, 3.05) is 18.5 Å². The SMILES string of the molecule is CC.CNSc1cc(C)c2cc(N=Nc3cc(CCCCSC=O)c(N=Nc4cc(C)c(N)cc4C)cc3C)ccc2c1. The summed E-state index contributed by atoms with van der Waals surface area (Å²) in [5, 5.41) is 20.8. The van der Waals surface area contributed by atoms with Gasteiger partial charge in [0.15, 0.2) is 5.62 Å². The van der Waals surface area contributed by atoms with Crippen molar-refractivity contribution in [1.29, 1.82) is 0 Å². The maximum absolute atomic E-state index is 10.7. The van der Waals surface area contributed by atoms with E-state index in [9.17, 15) is 4.79 Å². The number of hydrogen-bond donors (Lipinski definition) is 2. The number of rotatable bonds is 12. The summed E-state index contributed by atoms with van der Waals surface area (Å²) in [4.78, 5) is 11.9. The van der Waals surface area contributed by atoms with Crippen molar-refractivity contribution in [2.24, 2.45) is 20.5 Å². The number of azo groups is 2. The highest BCUT2D eigenvalue weighted by Crippen LogP contribution is 2.35. The highest BCUT2D eigenvalue weighted by Gasteiger charge is 2.10. The zero-order chi connectivity index (χ0) is 31.4. The maximum atomic E-state index is 10.7. The average molecular weight is 615 g/mol. The van der Waals surface area contributed by atoms with E-state index in [0.717, 1.165) is 86.7 Å². The predicted molar refractivity (Wildman–Crippen MR) is 187 cm³/mol. The smallest absolute Gasteiger partial charge is 0.176 e. The topological polar surface area (TPSA) is 105 Å². The van der Waals surface area contributed by atoms with Gasteiger partial charge in [0.25, 0.3) is 0 Å².